The summed E-state index contributed by atoms with van der Waals surface area (Å²) >= 11 is 0. The smallest absolute Gasteiger partial charge is 0.149 e. The van der Waals surface area contributed by atoms with Crippen LogP contribution in [0.4, 0.5) is 11.5 Å². The highest BCUT2D eigenvalue weighted by molar-refractivity contribution is 5.84. The topological polar surface area (TPSA) is 104 Å². The van der Waals surface area contributed by atoms with Gasteiger partial charge in [0.2, 0.25) is 0 Å². The van der Waals surface area contributed by atoms with Crippen molar-refractivity contribution in [3.63, 3.8) is 0 Å². The first kappa shape index (κ1) is 20.2. The number of anilines is 2. The first-order chi connectivity index (χ1) is 14.7. The zero-order valence-electron chi connectivity index (χ0n) is 17.1. The maximum Gasteiger partial charge on any atom is 0.149 e. The van der Waals surface area contributed by atoms with Gasteiger partial charge in [0.1, 0.15) is 29.4 Å². The van der Waals surface area contributed by atoms with Crippen LogP contribution in [0, 0.1) is 0 Å². The quantitative estimate of drug-likeness (QED) is 0.431. The molecule has 0 bridgehead atoms. The zero-order chi connectivity index (χ0) is 20.8. The number of nitrogens with two attached hydrogens (primary N) is 1. The van der Waals surface area contributed by atoms with Crippen molar-refractivity contribution >= 4 is 22.5 Å². The molecule has 8 nitrogen and oxygen atoms in total. The van der Waals surface area contributed by atoms with Crippen LogP contribution in [0.3, 0.4) is 0 Å². The van der Waals surface area contributed by atoms with Crippen molar-refractivity contribution in [2.45, 2.75) is 37.8 Å². The van der Waals surface area contributed by atoms with Crippen LogP contribution in [0.25, 0.3) is 11.0 Å². The van der Waals surface area contributed by atoms with Gasteiger partial charge in [-0.1, -0.05) is 0 Å². The molecule has 0 atom stereocenters. The van der Waals surface area contributed by atoms with Crippen LogP contribution in [0.15, 0.2) is 42.9 Å². The predicted molar refractivity (Wildman–Crippen MR) is 116 cm³/mol. The minimum atomic E-state index is 0.138. The van der Waals surface area contributed by atoms with E-state index in [-0.39, 0.29) is 6.10 Å². The number of hydrogen-bond acceptors (Lipinski definition) is 8. The van der Waals surface area contributed by atoms with E-state index in [0.29, 0.717) is 30.7 Å². The Labute approximate surface area is 175 Å². The second kappa shape index (κ2) is 9.58. The number of aromatic nitrogens is 3. The van der Waals surface area contributed by atoms with E-state index in [1.807, 2.05) is 24.3 Å². The Balaban J connectivity index is 1.29. The van der Waals surface area contributed by atoms with Gasteiger partial charge in [0.15, 0.2) is 0 Å². The van der Waals surface area contributed by atoms with Crippen LogP contribution in [0.5, 0.6) is 11.5 Å². The summed E-state index contributed by atoms with van der Waals surface area (Å²) in [5.74, 6) is 2.31. The molecular formula is C22H27N5O3. The Morgan fingerprint density at radius 2 is 1.87 bits per heavy atom. The molecule has 0 unspecified atom stereocenters. The molecule has 2 heterocycles. The zero-order valence-corrected chi connectivity index (χ0v) is 17.1. The summed E-state index contributed by atoms with van der Waals surface area (Å²) in [6.45, 7) is 1.08. The molecular weight excluding hydrogens is 382 g/mol. The molecule has 3 aromatic rings. The Bertz CT molecular complexity index is 959. The molecule has 4 rings (SSSR count). The van der Waals surface area contributed by atoms with Gasteiger partial charge >= 0.3 is 0 Å². The molecule has 0 aliphatic heterocycles. The Hall–Kier alpha value is -3.13. The molecule has 1 aromatic carbocycles. The normalized spacial score (nSPS) is 18.8. The maximum atomic E-state index is 6.26. The molecule has 1 saturated carbocycles. The van der Waals surface area contributed by atoms with E-state index in [0.717, 1.165) is 48.3 Å². The minimum absolute atomic E-state index is 0.138. The third kappa shape index (κ3) is 5.07. The predicted octanol–water partition coefficient (Wildman–Crippen LogP) is 3.43. The number of nitrogens with one attached hydrogen (secondary N) is 1. The number of nitrogens with zero attached hydrogens (tertiary/aromatic N) is 3. The van der Waals surface area contributed by atoms with Crippen molar-refractivity contribution < 1.29 is 14.2 Å². The average Bonchev–Trinajstić information content (AvgIpc) is 2.76. The average molecular weight is 409 g/mol. The lowest BCUT2D eigenvalue weighted by Gasteiger charge is -2.30. The summed E-state index contributed by atoms with van der Waals surface area (Å²) in [6, 6.07) is 7.89. The van der Waals surface area contributed by atoms with Gasteiger partial charge in [0, 0.05) is 37.3 Å². The number of benzene rings is 1. The van der Waals surface area contributed by atoms with Crippen molar-refractivity contribution in [1.29, 1.82) is 0 Å². The number of methoxy groups -OCH3 is 1. The molecule has 30 heavy (non-hydrogen) atoms. The highest BCUT2D eigenvalue weighted by Crippen LogP contribution is 2.30. The molecule has 1 aliphatic carbocycles. The maximum absolute atomic E-state index is 6.26. The summed E-state index contributed by atoms with van der Waals surface area (Å²) in [6.07, 6.45) is 9.12. The van der Waals surface area contributed by atoms with Crippen LogP contribution in [-0.4, -0.2) is 47.4 Å². The van der Waals surface area contributed by atoms with Crippen molar-refractivity contribution in [2.24, 2.45) is 0 Å². The number of nitrogen functional groups attached to an aromatic ring is 1. The Kier molecular flexibility index (Phi) is 6.44. The second-order valence-corrected chi connectivity index (χ2v) is 7.40. The largest absolute Gasteiger partial charge is 0.490 e. The van der Waals surface area contributed by atoms with E-state index in [2.05, 4.69) is 20.3 Å². The molecule has 158 valence electrons. The number of rotatable bonds is 8. The van der Waals surface area contributed by atoms with Gasteiger partial charge in [-0.05, 0) is 43.9 Å². The van der Waals surface area contributed by atoms with E-state index in [4.69, 9.17) is 19.9 Å². The lowest BCUT2D eigenvalue weighted by atomic mass is 9.93. The van der Waals surface area contributed by atoms with Crippen LogP contribution in [0.1, 0.15) is 25.7 Å². The Morgan fingerprint density at radius 3 is 2.63 bits per heavy atom. The van der Waals surface area contributed by atoms with Gasteiger partial charge in [-0.2, -0.15) is 0 Å². The number of hydrogen-bond donors (Lipinski definition) is 2. The first-order valence-corrected chi connectivity index (χ1v) is 10.2. The van der Waals surface area contributed by atoms with E-state index < -0.39 is 0 Å². The van der Waals surface area contributed by atoms with Gasteiger partial charge in [0.25, 0.3) is 0 Å². The van der Waals surface area contributed by atoms with Gasteiger partial charge in [-0.3, -0.25) is 4.98 Å². The molecule has 0 radical (unpaired) electrons. The van der Waals surface area contributed by atoms with Crippen LogP contribution in [-0.2, 0) is 4.74 Å². The molecule has 2 aromatic heterocycles. The molecule has 0 spiro atoms. The van der Waals surface area contributed by atoms with Crippen molar-refractivity contribution in [3.05, 3.63) is 42.9 Å². The van der Waals surface area contributed by atoms with Gasteiger partial charge in [0.05, 0.1) is 24.4 Å². The molecule has 1 aliphatic rings. The Morgan fingerprint density at radius 1 is 1.03 bits per heavy atom. The fourth-order valence-corrected chi connectivity index (χ4v) is 3.66. The first-order valence-electron chi connectivity index (χ1n) is 10.2. The monoisotopic (exact) mass is 409 g/mol. The van der Waals surface area contributed by atoms with Gasteiger partial charge in [-0.15, -0.1) is 0 Å². The summed E-state index contributed by atoms with van der Waals surface area (Å²) < 4.78 is 16.8. The van der Waals surface area contributed by atoms with E-state index in [1.165, 1.54) is 0 Å². The van der Waals surface area contributed by atoms with E-state index in [9.17, 15) is 0 Å². The number of fused-ring (bicyclic) bond motifs is 1. The highest BCUT2D eigenvalue weighted by atomic mass is 16.5. The SMILES string of the molecule is COCCOc1ccc(NC2CCC(Oc3cc(N)cc4nccnc34)CC2)nc1. The van der Waals surface area contributed by atoms with Crippen LogP contribution < -0.4 is 20.5 Å². The fourth-order valence-electron chi connectivity index (χ4n) is 3.66. The summed E-state index contributed by atoms with van der Waals surface area (Å²) in [7, 11) is 1.65. The van der Waals surface area contributed by atoms with Gasteiger partial charge in [-0.25, -0.2) is 9.97 Å². The fraction of sp³-hybridized carbons (Fsp3) is 0.409. The van der Waals surface area contributed by atoms with Crippen molar-refractivity contribution in [2.75, 3.05) is 31.4 Å². The third-order valence-corrected chi connectivity index (χ3v) is 5.17. The standard InChI is InChI=1S/C22H27N5O3/c1-28-10-11-29-18-6-7-21(26-14-18)27-16-2-4-17(5-3-16)30-20-13-15(23)12-19-22(20)25-9-8-24-19/h6-9,12-14,16-17H,2-5,10-11,23H2,1H3,(H,26,27). The lowest BCUT2D eigenvalue weighted by Crippen LogP contribution is -2.31. The van der Waals surface area contributed by atoms with Crippen molar-refractivity contribution in [3.8, 4) is 11.5 Å². The third-order valence-electron chi connectivity index (χ3n) is 5.17. The summed E-state index contributed by atoms with van der Waals surface area (Å²) in [4.78, 5) is 13.2. The van der Waals surface area contributed by atoms with E-state index in [1.54, 1.807) is 25.7 Å². The summed E-state index contributed by atoms with van der Waals surface area (Å²) in [5, 5.41) is 3.51. The molecule has 1 fully saturated rings. The lowest BCUT2D eigenvalue weighted by molar-refractivity contribution is 0.146. The van der Waals surface area contributed by atoms with Crippen LogP contribution >= 0.6 is 0 Å². The van der Waals surface area contributed by atoms with Crippen molar-refractivity contribution in [1.82, 2.24) is 15.0 Å². The summed E-state index contributed by atoms with van der Waals surface area (Å²) in [5.41, 5.74) is 8.14. The minimum Gasteiger partial charge on any atom is -0.490 e. The van der Waals surface area contributed by atoms with Gasteiger partial charge < -0.3 is 25.3 Å². The molecule has 0 amide bonds. The highest BCUT2D eigenvalue weighted by Gasteiger charge is 2.23. The van der Waals surface area contributed by atoms with Crippen LogP contribution in [0.2, 0.25) is 0 Å². The second-order valence-electron chi connectivity index (χ2n) is 7.40. The number of pyridine rings is 1. The van der Waals surface area contributed by atoms with E-state index >= 15 is 0 Å². The molecule has 3 N–H and O–H groups in total. The molecule has 8 heteroatoms. The number of ether oxygens (including phenoxy) is 3. The molecule has 0 saturated heterocycles.